The third-order valence-electron chi connectivity index (χ3n) is 4.30. The second kappa shape index (κ2) is 9.26. The van der Waals surface area contributed by atoms with Gasteiger partial charge in [0.15, 0.2) is 0 Å². The van der Waals surface area contributed by atoms with Crippen molar-refractivity contribution in [3.8, 4) is 0 Å². The normalized spacial score (nSPS) is 18.4. The van der Waals surface area contributed by atoms with Gasteiger partial charge in [0.25, 0.3) is 0 Å². The molecule has 23 heavy (non-hydrogen) atoms. The lowest BCUT2D eigenvalue weighted by molar-refractivity contribution is -0.123. The molecule has 0 radical (unpaired) electrons. The molecule has 2 rings (SSSR count). The molecule has 1 aromatic carbocycles. The van der Waals surface area contributed by atoms with E-state index in [0.717, 1.165) is 6.54 Å². The maximum absolute atomic E-state index is 12.0. The second-order valence-electron chi connectivity index (χ2n) is 6.54. The summed E-state index contributed by atoms with van der Waals surface area (Å²) in [7, 11) is 0. The Balaban J connectivity index is 1.68. The summed E-state index contributed by atoms with van der Waals surface area (Å²) in [5, 5.41) is 13.7. The van der Waals surface area contributed by atoms with E-state index < -0.39 is 6.10 Å². The summed E-state index contributed by atoms with van der Waals surface area (Å²) in [5.74, 6) is 0.308. The van der Waals surface area contributed by atoms with E-state index in [1.165, 1.54) is 32.4 Å². The van der Waals surface area contributed by atoms with Crippen LogP contribution in [0.25, 0.3) is 0 Å². The van der Waals surface area contributed by atoms with E-state index in [9.17, 15) is 9.90 Å². The topological polar surface area (TPSA) is 52.6 Å². The lowest BCUT2D eigenvalue weighted by atomic mass is 10.1. The highest BCUT2D eigenvalue weighted by molar-refractivity contribution is 6.30. The quantitative estimate of drug-likeness (QED) is 0.803. The highest BCUT2D eigenvalue weighted by Crippen LogP contribution is 2.19. The van der Waals surface area contributed by atoms with E-state index in [1.54, 1.807) is 24.3 Å². The Hall–Kier alpha value is -1.10. The molecule has 1 saturated heterocycles. The van der Waals surface area contributed by atoms with Gasteiger partial charge in [-0.05, 0) is 49.5 Å². The van der Waals surface area contributed by atoms with Crippen LogP contribution in [0, 0.1) is 5.92 Å². The van der Waals surface area contributed by atoms with Crippen LogP contribution >= 0.6 is 11.6 Å². The van der Waals surface area contributed by atoms with Gasteiger partial charge in [0.1, 0.15) is 0 Å². The van der Waals surface area contributed by atoms with Crippen LogP contribution in [0.15, 0.2) is 24.3 Å². The number of rotatable bonds is 7. The zero-order valence-electron chi connectivity index (χ0n) is 13.8. The van der Waals surface area contributed by atoms with Crippen LogP contribution in [0.5, 0.6) is 0 Å². The van der Waals surface area contributed by atoms with E-state index in [1.807, 2.05) is 0 Å². The van der Waals surface area contributed by atoms with Crippen molar-refractivity contribution in [2.24, 2.45) is 5.92 Å². The molecular formula is C18H27ClN2O2. The summed E-state index contributed by atoms with van der Waals surface area (Å²) in [6, 6.07) is 6.94. The summed E-state index contributed by atoms with van der Waals surface area (Å²) >= 11 is 5.82. The first-order valence-corrected chi connectivity index (χ1v) is 8.85. The molecule has 0 aromatic heterocycles. The van der Waals surface area contributed by atoms with Gasteiger partial charge >= 0.3 is 0 Å². The Morgan fingerprint density at radius 2 is 1.91 bits per heavy atom. The number of benzene rings is 1. The molecule has 4 nitrogen and oxygen atoms in total. The van der Waals surface area contributed by atoms with Gasteiger partial charge in [0, 0.05) is 18.1 Å². The lowest BCUT2D eigenvalue weighted by Gasteiger charge is -2.29. The van der Waals surface area contributed by atoms with Crippen LogP contribution in [0.3, 0.4) is 0 Å². The Labute approximate surface area is 143 Å². The summed E-state index contributed by atoms with van der Waals surface area (Å²) in [6.45, 7) is 6.19. The molecule has 128 valence electrons. The van der Waals surface area contributed by atoms with E-state index >= 15 is 0 Å². The van der Waals surface area contributed by atoms with Gasteiger partial charge in [-0.15, -0.1) is 0 Å². The number of aliphatic hydroxyl groups is 1. The Morgan fingerprint density at radius 3 is 2.57 bits per heavy atom. The Morgan fingerprint density at radius 1 is 1.26 bits per heavy atom. The van der Waals surface area contributed by atoms with E-state index in [0.29, 0.717) is 23.0 Å². The zero-order chi connectivity index (χ0) is 16.7. The zero-order valence-corrected chi connectivity index (χ0v) is 14.6. The molecule has 2 unspecified atom stereocenters. The van der Waals surface area contributed by atoms with Gasteiger partial charge in [-0.3, -0.25) is 4.79 Å². The van der Waals surface area contributed by atoms with Crippen molar-refractivity contribution in [2.75, 3.05) is 26.2 Å². The average Bonchev–Trinajstić information content (AvgIpc) is 2.54. The van der Waals surface area contributed by atoms with Gasteiger partial charge in [-0.2, -0.15) is 0 Å². The molecule has 0 aliphatic carbocycles. The minimum atomic E-state index is -0.787. The van der Waals surface area contributed by atoms with E-state index in [2.05, 4.69) is 17.1 Å². The second-order valence-corrected chi connectivity index (χ2v) is 6.98. The van der Waals surface area contributed by atoms with Crippen LogP contribution in [0.2, 0.25) is 5.02 Å². The van der Waals surface area contributed by atoms with Crippen molar-refractivity contribution in [1.82, 2.24) is 10.2 Å². The smallest absolute Gasteiger partial charge is 0.222 e. The van der Waals surface area contributed by atoms with Crippen molar-refractivity contribution >= 4 is 17.5 Å². The number of hydrogen-bond acceptors (Lipinski definition) is 3. The summed E-state index contributed by atoms with van der Waals surface area (Å²) in [6.07, 6.45) is 3.20. The highest BCUT2D eigenvalue weighted by Gasteiger charge is 2.16. The third kappa shape index (κ3) is 6.50. The largest absolute Gasteiger partial charge is 0.388 e. The molecule has 1 aromatic rings. The van der Waals surface area contributed by atoms with E-state index in [4.69, 9.17) is 11.6 Å². The first kappa shape index (κ1) is 18.2. The van der Waals surface area contributed by atoms with Crippen LogP contribution in [0.4, 0.5) is 0 Å². The van der Waals surface area contributed by atoms with Crippen molar-refractivity contribution < 1.29 is 9.90 Å². The standard InChI is InChI=1S/C18H27ClN2O2/c1-14(13-21-9-3-2-4-10-21)12-20-18(23)11-17(22)15-5-7-16(19)8-6-15/h5-8,14,17,22H,2-4,9-13H2,1H3,(H,20,23). The van der Waals surface area contributed by atoms with E-state index in [-0.39, 0.29) is 12.3 Å². The van der Waals surface area contributed by atoms with Gasteiger partial charge in [-0.25, -0.2) is 0 Å². The molecule has 5 heteroatoms. The maximum Gasteiger partial charge on any atom is 0.222 e. The summed E-state index contributed by atoms with van der Waals surface area (Å²) < 4.78 is 0. The SMILES string of the molecule is CC(CNC(=O)CC(O)c1ccc(Cl)cc1)CN1CCCCC1. The van der Waals surface area contributed by atoms with Gasteiger partial charge in [-0.1, -0.05) is 37.1 Å². The molecule has 0 saturated carbocycles. The minimum Gasteiger partial charge on any atom is -0.388 e. The average molecular weight is 339 g/mol. The molecule has 0 spiro atoms. The lowest BCUT2D eigenvalue weighted by Crippen LogP contribution is -2.38. The Kier molecular flexibility index (Phi) is 7.34. The molecule has 1 amide bonds. The molecule has 2 atom stereocenters. The number of carbonyl (C=O) groups is 1. The molecule has 0 bridgehead atoms. The van der Waals surface area contributed by atoms with Crippen molar-refractivity contribution in [3.05, 3.63) is 34.9 Å². The van der Waals surface area contributed by atoms with Crippen molar-refractivity contribution in [3.63, 3.8) is 0 Å². The third-order valence-corrected chi connectivity index (χ3v) is 4.55. The first-order valence-electron chi connectivity index (χ1n) is 8.47. The Bertz CT molecular complexity index is 486. The molecule has 1 heterocycles. The number of aliphatic hydroxyl groups excluding tert-OH is 1. The number of likely N-dealkylation sites (tertiary alicyclic amines) is 1. The predicted octanol–water partition coefficient (Wildman–Crippen LogP) is 3.00. The molecule has 1 aliphatic heterocycles. The highest BCUT2D eigenvalue weighted by atomic mass is 35.5. The van der Waals surface area contributed by atoms with Gasteiger partial charge < -0.3 is 15.3 Å². The predicted molar refractivity (Wildman–Crippen MR) is 93.5 cm³/mol. The number of piperidine rings is 1. The molecular weight excluding hydrogens is 312 g/mol. The fraction of sp³-hybridized carbons (Fsp3) is 0.611. The molecule has 1 fully saturated rings. The number of carbonyl (C=O) groups excluding carboxylic acids is 1. The maximum atomic E-state index is 12.0. The van der Waals surface area contributed by atoms with Gasteiger partial charge in [0.05, 0.1) is 12.5 Å². The first-order chi connectivity index (χ1) is 11.0. The van der Waals surface area contributed by atoms with Crippen molar-refractivity contribution in [2.45, 2.75) is 38.7 Å². The van der Waals surface area contributed by atoms with Crippen LogP contribution in [0.1, 0.15) is 44.3 Å². The molecule has 2 N–H and O–H groups in total. The number of amides is 1. The number of halogens is 1. The number of hydrogen-bond donors (Lipinski definition) is 2. The minimum absolute atomic E-state index is 0.0814. The number of nitrogens with one attached hydrogen (secondary N) is 1. The molecule has 1 aliphatic rings. The van der Waals surface area contributed by atoms with Crippen LogP contribution in [-0.2, 0) is 4.79 Å². The fourth-order valence-corrected chi connectivity index (χ4v) is 3.11. The monoisotopic (exact) mass is 338 g/mol. The fourth-order valence-electron chi connectivity index (χ4n) is 2.99. The van der Waals surface area contributed by atoms with Gasteiger partial charge in [0.2, 0.25) is 5.91 Å². The van der Waals surface area contributed by atoms with Crippen LogP contribution < -0.4 is 5.32 Å². The summed E-state index contributed by atoms with van der Waals surface area (Å²) in [5.41, 5.74) is 0.714. The van der Waals surface area contributed by atoms with Crippen molar-refractivity contribution in [1.29, 1.82) is 0 Å². The van der Waals surface area contributed by atoms with Crippen LogP contribution in [-0.4, -0.2) is 42.1 Å². The summed E-state index contributed by atoms with van der Waals surface area (Å²) in [4.78, 5) is 14.5. The number of nitrogens with zero attached hydrogens (tertiary/aromatic N) is 1.